The van der Waals surface area contributed by atoms with Gasteiger partial charge in [0.2, 0.25) is 6.29 Å². The van der Waals surface area contributed by atoms with Gasteiger partial charge in [-0.25, -0.2) is 14.4 Å². The fourth-order valence-corrected chi connectivity index (χ4v) is 2.27. The number of methoxy groups -OCH3 is 1. The zero-order valence-electron chi connectivity index (χ0n) is 12.9. The van der Waals surface area contributed by atoms with Gasteiger partial charge in [0.05, 0.1) is 18.2 Å². The van der Waals surface area contributed by atoms with E-state index in [4.69, 9.17) is 14.6 Å². The van der Waals surface area contributed by atoms with Gasteiger partial charge in [-0.15, -0.1) is 0 Å². The number of aliphatic hydroxyl groups excluding tert-OH is 3. The molecule has 1 heterocycles. The van der Waals surface area contributed by atoms with Crippen LogP contribution < -0.4 is 0 Å². The second kappa shape index (κ2) is 7.57. The zero-order chi connectivity index (χ0) is 18.7. The predicted octanol–water partition coefficient (Wildman–Crippen LogP) is -1.48. The molecule has 136 valence electrons. The first kappa shape index (κ1) is 18.8. The Morgan fingerprint density at radius 3 is 2.04 bits per heavy atom. The Labute approximate surface area is 141 Å². The summed E-state index contributed by atoms with van der Waals surface area (Å²) in [5.41, 5.74) is -0.326. The van der Waals surface area contributed by atoms with E-state index >= 15 is 0 Å². The van der Waals surface area contributed by atoms with E-state index in [-0.39, 0.29) is 11.1 Å². The number of carboxylic acids is 1. The molecule has 0 aromatic heterocycles. The minimum absolute atomic E-state index is 0.115. The maximum Gasteiger partial charge on any atom is 0.341 e. The number of esters is 2. The summed E-state index contributed by atoms with van der Waals surface area (Å²) in [5.74, 6) is -3.54. The molecule has 1 aliphatic heterocycles. The number of hydrogen-bond acceptors (Lipinski definition) is 9. The molecule has 0 radical (unpaired) electrons. The fraction of sp³-hybridized carbons (Fsp3) is 0.400. The van der Waals surface area contributed by atoms with Gasteiger partial charge < -0.3 is 34.6 Å². The highest BCUT2D eigenvalue weighted by Gasteiger charge is 2.48. The summed E-state index contributed by atoms with van der Waals surface area (Å²) in [7, 11) is 1.12. The molecule has 0 saturated carbocycles. The van der Waals surface area contributed by atoms with Gasteiger partial charge in [-0.2, -0.15) is 0 Å². The summed E-state index contributed by atoms with van der Waals surface area (Å²) in [4.78, 5) is 34.9. The van der Waals surface area contributed by atoms with Crippen molar-refractivity contribution in [1.82, 2.24) is 0 Å². The Hall–Kier alpha value is -2.53. The Kier molecular flexibility index (Phi) is 5.69. The number of carboxylic acid groups (broad SMARTS) is 1. The highest BCUT2D eigenvalue weighted by atomic mass is 16.7. The summed E-state index contributed by atoms with van der Waals surface area (Å²) in [6.45, 7) is 0. The van der Waals surface area contributed by atoms with Crippen molar-refractivity contribution in [2.24, 2.45) is 0 Å². The van der Waals surface area contributed by atoms with Crippen molar-refractivity contribution in [2.45, 2.75) is 30.7 Å². The molecular formula is C15H16O10. The maximum absolute atomic E-state index is 12.3. The van der Waals surface area contributed by atoms with Crippen LogP contribution in [0.2, 0.25) is 0 Å². The number of rotatable bonds is 4. The standard InChI is InChI=1S/C15H16O10/c1-23-13(21)6-4-2-3-5-7(6)14(22)25-15-10(18)8(16)9(17)11(24-15)12(19)20/h2-5,8-11,15-18H,1H3,(H,19,20)/t8-,9-,10+,11-,15-/m0/s1. The predicted molar refractivity (Wildman–Crippen MR) is 77.5 cm³/mol. The number of aliphatic hydroxyl groups is 3. The molecule has 25 heavy (non-hydrogen) atoms. The number of benzene rings is 1. The van der Waals surface area contributed by atoms with Gasteiger partial charge in [0, 0.05) is 0 Å². The van der Waals surface area contributed by atoms with E-state index in [9.17, 15) is 29.7 Å². The Bertz CT molecular complexity index is 672. The zero-order valence-corrected chi connectivity index (χ0v) is 12.9. The van der Waals surface area contributed by atoms with Crippen molar-refractivity contribution >= 4 is 17.9 Å². The molecule has 0 unspecified atom stereocenters. The number of carbonyl (C=O) groups excluding carboxylic acids is 2. The lowest BCUT2D eigenvalue weighted by Gasteiger charge is -2.37. The normalized spacial score (nSPS) is 28.9. The summed E-state index contributed by atoms with van der Waals surface area (Å²) in [6.07, 6.45) is -9.49. The Morgan fingerprint density at radius 2 is 1.52 bits per heavy atom. The number of hydrogen-bond donors (Lipinski definition) is 4. The summed E-state index contributed by atoms with van der Waals surface area (Å²) < 4.78 is 14.3. The molecule has 1 aliphatic rings. The minimum atomic E-state index is -1.91. The van der Waals surface area contributed by atoms with Crippen LogP contribution in [-0.4, -0.2) is 76.1 Å². The van der Waals surface area contributed by atoms with Crippen LogP contribution in [0.15, 0.2) is 24.3 Å². The van der Waals surface area contributed by atoms with Crippen LogP contribution in [-0.2, 0) is 19.0 Å². The topological polar surface area (TPSA) is 160 Å². The van der Waals surface area contributed by atoms with Crippen LogP contribution in [0.4, 0.5) is 0 Å². The van der Waals surface area contributed by atoms with E-state index < -0.39 is 48.6 Å². The van der Waals surface area contributed by atoms with Crippen molar-refractivity contribution in [3.63, 3.8) is 0 Å². The monoisotopic (exact) mass is 356 g/mol. The molecule has 1 aromatic carbocycles. The van der Waals surface area contributed by atoms with E-state index in [1.54, 1.807) is 0 Å². The maximum atomic E-state index is 12.3. The first-order chi connectivity index (χ1) is 11.8. The molecule has 10 heteroatoms. The van der Waals surface area contributed by atoms with Gasteiger partial charge in [-0.3, -0.25) is 0 Å². The molecule has 10 nitrogen and oxygen atoms in total. The van der Waals surface area contributed by atoms with Gasteiger partial charge in [0.1, 0.15) is 18.3 Å². The lowest BCUT2D eigenvalue weighted by Crippen LogP contribution is -2.60. The van der Waals surface area contributed by atoms with Crippen LogP contribution in [0.25, 0.3) is 0 Å². The van der Waals surface area contributed by atoms with Crippen LogP contribution in [0.1, 0.15) is 20.7 Å². The molecule has 1 aromatic rings. The van der Waals surface area contributed by atoms with Gasteiger partial charge in [0.15, 0.2) is 6.10 Å². The third-order valence-electron chi connectivity index (χ3n) is 3.59. The first-order valence-electron chi connectivity index (χ1n) is 7.08. The SMILES string of the molecule is COC(=O)c1ccccc1C(=O)O[C@@H]1O[C@H](C(=O)O)[C@@H](O)[C@H](O)[C@H]1O. The molecule has 1 saturated heterocycles. The Balaban J connectivity index is 2.22. The number of aliphatic carboxylic acids is 1. The molecule has 5 atom stereocenters. The minimum Gasteiger partial charge on any atom is -0.479 e. The van der Waals surface area contributed by atoms with Crippen molar-refractivity contribution < 1.29 is 49.0 Å². The molecule has 0 spiro atoms. The van der Waals surface area contributed by atoms with Gasteiger partial charge >= 0.3 is 17.9 Å². The van der Waals surface area contributed by atoms with E-state index in [0.717, 1.165) is 7.11 Å². The quantitative estimate of drug-likeness (QED) is 0.469. The van der Waals surface area contributed by atoms with Crippen molar-refractivity contribution in [3.05, 3.63) is 35.4 Å². The average molecular weight is 356 g/mol. The molecule has 2 rings (SSSR count). The van der Waals surface area contributed by atoms with Crippen LogP contribution in [0.5, 0.6) is 0 Å². The van der Waals surface area contributed by atoms with Gasteiger partial charge in [-0.05, 0) is 12.1 Å². The largest absolute Gasteiger partial charge is 0.479 e. The third-order valence-corrected chi connectivity index (χ3v) is 3.59. The lowest BCUT2D eigenvalue weighted by atomic mass is 9.99. The highest BCUT2D eigenvalue weighted by molar-refractivity contribution is 6.03. The van der Waals surface area contributed by atoms with Crippen LogP contribution >= 0.6 is 0 Å². The molecule has 0 aliphatic carbocycles. The third kappa shape index (κ3) is 3.77. The smallest absolute Gasteiger partial charge is 0.341 e. The van der Waals surface area contributed by atoms with Crippen molar-refractivity contribution in [1.29, 1.82) is 0 Å². The van der Waals surface area contributed by atoms with Crippen LogP contribution in [0, 0.1) is 0 Å². The molecule has 0 bridgehead atoms. The van der Waals surface area contributed by atoms with Gasteiger partial charge in [-0.1, -0.05) is 12.1 Å². The lowest BCUT2D eigenvalue weighted by molar-refractivity contribution is -0.278. The second-order valence-electron chi connectivity index (χ2n) is 5.18. The van der Waals surface area contributed by atoms with E-state index in [1.165, 1.54) is 24.3 Å². The summed E-state index contributed by atoms with van der Waals surface area (Å²) in [5, 5.41) is 38.1. The second-order valence-corrected chi connectivity index (χ2v) is 5.18. The molecule has 0 amide bonds. The first-order valence-corrected chi connectivity index (χ1v) is 7.08. The van der Waals surface area contributed by atoms with Crippen molar-refractivity contribution in [3.8, 4) is 0 Å². The number of carbonyl (C=O) groups is 3. The summed E-state index contributed by atoms with van der Waals surface area (Å²) in [6, 6.07) is 5.48. The summed E-state index contributed by atoms with van der Waals surface area (Å²) >= 11 is 0. The van der Waals surface area contributed by atoms with E-state index in [2.05, 4.69) is 4.74 Å². The van der Waals surface area contributed by atoms with E-state index in [0.29, 0.717) is 0 Å². The van der Waals surface area contributed by atoms with Crippen molar-refractivity contribution in [2.75, 3.05) is 7.11 Å². The number of ether oxygens (including phenoxy) is 3. The molecular weight excluding hydrogens is 340 g/mol. The molecule has 1 fully saturated rings. The van der Waals surface area contributed by atoms with E-state index in [1.807, 2.05) is 0 Å². The highest BCUT2D eigenvalue weighted by Crippen LogP contribution is 2.24. The van der Waals surface area contributed by atoms with Crippen LogP contribution in [0.3, 0.4) is 0 Å². The van der Waals surface area contributed by atoms with Gasteiger partial charge in [0.25, 0.3) is 0 Å². The molecule has 4 N–H and O–H groups in total. The fourth-order valence-electron chi connectivity index (χ4n) is 2.27. The average Bonchev–Trinajstić information content (AvgIpc) is 2.61. The Morgan fingerprint density at radius 1 is 0.960 bits per heavy atom.